The van der Waals surface area contributed by atoms with Gasteiger partial charge < -0.3 is 19.7 Å². The zero-order chi connectivity index (χ0) is 25.9. The van der Waals surface area contributed by atoms with Crippen LogP contribution in [-0.2, 0) is 22.6 Å². The number of hydrogen-bond donors (Lipinski definition) is 1. The van der Waals surface area contributed by atoms with E-state index in [4.69, 9.17) is 32.7 Å². The number of carbonyl (C=O) groups is 2. The van der Waals surface area contributed by atoms with Crippen LogP contribution in [0.4, 0.5) is 0 Å². The Morgan fingerprint density at radius 1 is 0.917 bits per heavy atom. The number of ether oxygens (including phenoxy) is 2. The van der Waals surface area contributed by atoms with Gasteiger partial charge in [0.05, 0.1) is 17.2 Å². The maximum absolute atomic E-state index is 13.6. The SMILES string of the molecule is CCCNC(=O)C(Cc1ccccc1)N(Cc1ccc(Cl)c(Cl)c1)C(=O)COc1ccccc1OC. The maximum Gasteiger partial charge on any atom is 0.261 e. The van der Waals surface area contributed by atoms with Gasteiger partial charge in [-0.3, -0.25) is 9.59 Å². The van der Waals surface area contributed by atoms with Crippen LogP contribution in [0.3, 0.4) is 0 Å². The smallest absolute Gasteiger partial charge is 0.261 e. The zero-order valence-corrected chi connectivity index (χ0v) is 21.9. The molecule has 3 aromatic rings. The Hall–Kier alpha value is -3.22. The van der Waals surface area contributed by atoms with Gasteiger partial charge in [0.15, 0.2) is 18.1 Å². The molecule has 2 amide bonds. The molecule has 0 radical (unpaired) electrons. The summed E-state index contributed by atoms with van der Waals surface area (Å²) in [5, 5.41) is 3.74. The van der Waals surface area contributed by atoms with E-state index >= 15 is 0 Å². The highest BCUT2D eigenvalue weighted by molar-refractivity contribution is 6.42. The molecule has 1 unspecified atom stereocenters. The van der Waals surface area contributed by atoms with Crippen molar-refractivity contribution >= 4 is 35.0 Å². The number of methoxy groups -OCH3 is 1. The minimum Gasteiger partial charge on any atom is -0.493 e. The van der Waals surface area contributed by atoms with Gasteiger partial charge in [0, 0.05) is 19.5 Å². The second-order valence-electron chi connectivity index (χ2n) is 8.21. The first-order valence-corrected chi connectivity index (χ1v) is 12.5. The van der Waals surface area contributed by atoms with Crippen LogP contribution in [0.2, 0.25) is 10.0 Å². The number of benzene rings is 3. The van der Waals surface area contributed by atoms with Gasteiger partial charge in [-0.05, 0) is 41.8 Å². The molecule has 0 spiro atoms. The molecule has 6 nitrogen and oxygen atoms in total. The number of nitrogens with one attached hydrogen (secondary N) is 1. The molecule has 0 bridgehead atoms. The fourth-order valence-corrected chi connectivity index (χ4v) is 4.04. The lowest BCUT2D eigenvalue weighted by Gasteiger charge is -2.31. The summed E-state index contributed by atoms with van der Waals surface area (Å²) < 4.78 is 11.1. The minimum absolute atomic E-state index is 0.155. The van der Waals surface area contributed by atoms with Crippen LogP contribution in [-0.4, -0.2) is 43.0 Å². The first-order valence-electron chi connectivity index (χ1n) is 11.7. The van der Waals surface area contributed by atoms with Crippen molar-refractivity contribution in [2.75, 3.05) is 20.3 Å². The largest absolute Gasteiger partial charge is 0.493 e. The maximum atomic E-state index is 13.6. The number of amides is 2. The molecule has 1 N–H and O–H groups in total. The number of rotatable bonds is 12. The molecule has 0 aromatic heterocycles. The molecule has 1 atom stereocenters. The lowest BCUT2D eigenvalue weighted by Crippen LogP contribution is -2.51. The van der Waals surface area contributed by atoms with Crippen LogP contribution < -0.4 is 14.8 Å². The van der Waals surface area contributed by atoms with Crippen LogP contribution in [0, 0.1) is 0 Å². The van der Waals surface area contributed by atoms with E-state index < -0.39 is 6.04 Å². The first kappa shape index (κ1) is 27.4. The van der Waals surface area contributed by atoms with Crippen molar-refractivity contribution in [2.45, 2.75) is 32.4 Å². The third kappa shape index (κ3) is 7.64. The molecule has 3 rings (SSSR count). The molecular weight excluding hydrogens is 499 g/mol. The summed E-state index contributed by atoms with van der Waals surface area (Å²) in [6.45, 7) is 2.37. The summed E-state index contributed by atoms with van der Waals surface area (Å²) >= 11 is 12.3. The van der Waals surface area contributed by atoms with Gasteiger partial charge in [-0.1, -0.05) is 78.7 Å². The molecule has 0 aliphatic carbocycles. The van der Waals surface area contributed by atoms with E-state index in [1.54, 1.807) is 36.4 Å². The van der Waals surface area contributed by atoms with Crippen LogP contribution in [0.15, 0.2) is 72.8 Å². The fourth-order valence-electron chi connectivity index (χ4n) is 3.72. The van der Waals surface area contributed by atoms with E-state index in [1.807, 2.05) is 43.3 Å². The molecule has 0 saturated heterocycles. The minimum atomic E-state index is -0.762. The fraction of sp³-hybridized carbons (Fsp3) is 0.286. The second-order valence-corrected chi connectivity index (χ2v) is 9.02. The topological polar surface area (TPSA) is 67.9 Å². The summed E-state index contributed by atoms with van der Waals surface area (Å²) in [6.07, 6.45) is 1.12. The lowest BCUT2D eigenvalue weighted by molar-refractivity contribution is -0.142. The average Bonchev–Trinajstić information content (AvgIpc) is 2.90. The Kier molecular flexibility index (Phi) is 10.5. The van der Waals surface area contributed by atoms with Crippen LogP contribution in [0.25, 0.3) is 0 Å². The van der Waals surface area contributed by atoms with Gasteiger partial charge in [-0.2, -0.15) is 0 Å². The average molecular weight is 529 g/mol. The predicted molar refractivity (Wildman–Crippen MR) is 143 cm³/mol. The Morgan fingerprint density at radius 2 is 1.61 bits per heavy atom. The Labute approximate surface area is 222 Å². The van der Waals surface area contributed by atoms with E-state index in [0.29, 0.717) is 34.5 Å². The zero-order valence-electron chi connectivity index (χ0n) is 20.4. The van der Waals surface area contributed by atoms with E-state index in [-0.39, 0.29) is 25.0 Å². The third-order valence-corrected chi connectivity index (χ3v) is 6.32. The summed E-state index contributed by atoms with van der Waals surface area (Å²) in [5.41, 5.74) is 1.68. The van der Waals surface area contributed by atoms with Gasteiger partial charge in [-0.15, -0.1) is 0 Å². The quantitative estimate of drug-likeness (QED) is 0.334. The highest BCUT2D eigenvalue weighted by atomic mass is 35.5. The molecule has 0 saturated carbocycles. The van der Waals surface area contributed by atoms with Gasteiger partial charge >= 0.3 is 0 Å². The van der Waals surface area contributed by atoms with Gasteiger partial charge in [-0.25, -0.2) is 0 Å². The molecule has 36 heavy (non-hydrogen) atoms. The number of halogens is 2. The lowest BCUT2D eigenvalue weighted by atomic mass is 10.0. The number of para-hydroxylation sites is 2. The molecule has 190 valence electrons. The van der Waals surface area contributed by atoms with Gasteiger partial charge in [0.25, 0.3) is 5.91 Å². The molecule has 3 aromatic carbocycles. The number of nitrogens with zero attached hydrogens (tertiary/aromatic N) is 1. The van der Waals surface area contributed by atoms with Crippen LogP contribution >= 0.6 is 23.2 Å². The Morgan fingerprint density at radius 3 is 2.28 bits per heavy atom. The summed E-state index contributed by atoms with van der Waals surface area (Å²) in [5.74, 6) is 0.381. The van der Waals surface area contributed by atoms with E-state index in [0.717, 1.165) is 17.5 Å². The van der Waals surface area contributed by atoms with Gasteiger partial charge in [0.2, 0.25) is 5.91 Å². The number of hydrogen-bond acceptors (Lipinski definition) is 4. The van der Waals surface area contributed by atoms with Crippen molar-refractivity contribution in [3.05, 3.63) is 94.0 Å². The Bertz CT molecular complexity index is 1160. The van der Waals surface area contributed by atoms with Crippen molar-refractivity contribution in [3.63, 3.8) is 0 Å². The molecular formula is C28H30Cl2N2O4. The Balaban J connectivity index is 1.92. The summed E-state index contributed by atoms with van der Waals surface area (Å²) in [6, 6.07) is 21.1. The predicted octanol–water partition coefficient (Wildman–Crippen LogP) is 5.55. The monoisotopic (exact) mass is 528 g/mol. The highest BCUT2D eigenvalue weighted by Gasteiger charge is 2.30. The van der Waals surface area contributed by atoms with Crippen LogP contribution in [0.5, 0.6) is 11.5 Å². The van der Waals surface area contributed by atoms with E-state index in [1.165, 1.54) is 12.0 Å². The molecule has 0 fully saturated rings. The van der Waals surface area contributed by atoms with Gasteiger partial charge in [0.1, 0.15) is 6.04 Å². The third-order valence-electron chi connectivity index (χ3n) is 5.58. The van der Waals surface area contributed by atoms with Crippen molar-refractivity contribution in [3.8, 4) is 11.5 Å². The van der Waals surface area contributed by atoms with Crippen LogP contribution in [0.1, 0.15) is 24.5 Å². The molecule has 0 aliphatic rings. The normalized spacial score (nSPS) is 11.4. The number of carbonyl (C=O) groups excluding carboxylic acids is 2. The molecule has 0 heterocycles. The van der Waals surface area contributed by atoms with Crippen molar-refractivity contribution in [1.29, 1.82) is 0 Å². The van der Waals surface area contributed by atoms with Crippen molar-refractivity contribution in [1.82, 2.24) is 10.2 Å². The summed E-state index contributed by atoms with van der Waals surface area (Å²) in [7, 11) is 1.54. The van der Waals surface area contributed by atoms with E-state index in [9.17, 15) is 9.59 Å². The molecule has 0 aliphatic heterocycles. The second kappa shape index (κ2) is 13.8. The highest BCUT2D eigenvalue weighted by Crippen LogP contribution is 2.27. The molecule has 8 heteroatoms. The standard InChI is InChI=1S/C28H30Cl2N2O4/c1-3-15-31-28(34)24(17-20-9-5-4-6-10-20)32(18-21-13-14-22(29)23(30)16-21)27(33)19-36-26-12-8-7-11-25(26)35-2/h4-14,16,24H,3,15,17-19H2,1-2H3,(H,31,34). The summed E-state index contributed by atoms with van der Waals surface area (Å²) in [4.78, 5) is 28.5. The first-order chi connectivity index (χ1) is 17.4. The van der Waals surface area contributed by atoms with Crippen molar-refractivity contribution < 1.29 is 19.1 Å². The van der Waals surface area contributed by atoms with E-state index in [2.05, 4.69) is 5.32 Å². The van der Waals surface area contributed by atoms with Crippen molar-refractivity contribution in [2.24, 2.45) is 0 Å².